The van der Waals surface area contributed by atoms with Crippen molar-refractivity contribution in [2.75, 3.05) is 13.6 Å². The normalized spacial score (nSPS) is 20.5. The molecule has 0 aromatic heterocycles. The smallest absolute Gasteiger partial charge is 0.404 e. The molecular weight excluding hydrogens is 667 g/mol. The van der Waals surface area contributed by atoms with Crippen LogP contribution in [-0.4, -0.2) is 88.0 Å². The van der Waals surface area contributed by atoms with Gasteiger partial charge in [-0.2, -0.15) is 0 Å². The van der Waals surface area contributed by atoms with Crippen molar-refractivity contribution < 1.29 is 42.8 Å². The van der Waals surface area contributed by atoms with Gasteiger partial charge >= 0.3 is 7.82 Å². The highest BCUT2D eigenvalue weighted by Gasteiger charge is 2.44. The van der Waals surface area contributed by atoms with E-state index >= 15 is 0 Å². The number of hydrogen-bond donors (Lipinski definition) is 7. The molecule has 3 rings (SSSR count). The average molecular weight is 723 g/mol. The molecule has 1 aromatic rings. The summed E-state index contributed by atoms with van der Waals surface area (Å²) in [5, 5.41) is 11.5. The number of nitrogens with zero attached hydrogens (tertiary/aromatic N) is 1. The maximum Gasteiger partial charge on any atom is 0.524 e. The van der Waals surface area contributed by atoms with Crippen LogP contribution in [0.15, 0.2) is 24.3 Å². The Hall–Kier alpha value is -3.52. The fourth-order valence-corrected chi connectivity index (χ4v) is 7.04. The number of primary amides is 1. The number of carbonyl (C=O) groups is 5. The monoisotopic (exact) mass is 722 g/mol. The molecular formula is C34H55N6O9P. The number of amides is 5. The highest BCUT2D eigenvalue weighted by molar-refractivity contribution is 7.46. The lowest BCUT2D eigenvalue weighted by Gasteiger charge is -2.36. The van der Waals surface area contributed by atoms with Gasteiger partial charge in [0.05, 0.1) is 6.04 Å². The first-order valence-electron chi connectivity index (χ1n) is 17.8. The second-order valence-corrected chi connectivity index (χ2v) is 14.4. The Morgan fingerprint density at radius 1 is 0.960 bits per heavy atom. The van der Waals surface area contributed by atoms with E-state index in [0.717, 1.165) is 51.4 Å². The van der Waals surface area contributed by atoms with Crippen LogP contribution in [0, 0.1) is 0 Å². The molecule has 2 aliphatic rings. The SMILES string of the molecule is CCCCCCCCNC(=O)[C@H](CCC(N)=O)NC(=O)C1CC[C@@H]2CCCCC(NC(=O)[C@H](Cc3ccc(OP(=O)(O)O)cc3)NC)C(=O)N12. The molecule has 1 aromatic carbocycles. The van der Waals surface area contributed by atoms with Gasteiger partial charge in [-0.15, -0.1) is 0 Å². The van der Waals surface area contributed by atoms with E-state index in [1.54, 1.807) is 24.1 Å². The molecule has 0 radical (unpaired) electrons. The number of carbonyl (C=O) groups excluding carboxylic acids is 5. The molecule has 16 heteroatoms. The summed E-state index contributed by atoms with van der Waals surface area (Å²) in [6, 6.07) is 2.39. The first-order chi connectivity index (χ1) is 23.8. The van der Waals surface area contributed by atoms with E-state index in [4.69, 9.17) is 15.5 Å². The lowest BCUT2D eigenvalue weighted by atomic mass is 9.98. The molecule has 0 saturated carbocycles. The third-order valence-electron chi connectivity index (χ3n) is 9.35. The highest BCUT2D eigenvalue weighted by Crippen LogP contribution is 2.37. The molecule has 15 nitrogen and oxygen atoms in total. The standard InChI is InChI=1S/C34H55N6O9P/c1-3-4-5-6-7-10-21-37-31(42)26(18-20-30(35)41)38-33(44)29-19-15-24-11-8-9-12-27(34(45)40(24)29)39-32(43)28(36-2)22-23-13-16-25(17-14-23)49-50(46,47)48/h13-14,16-17,24,26-29,36H,3-12,15,18-22H2,1-2H3,(H2,35,41)(H,37,42)(H,38,44)(H,39,43)(H2,46,47,48)/t24-,26-,27?,28-,29?/m0/s1. The lowest BCUT2D eigenvalue weighted by Crippen LogP contribution is -2.59. The predicted octanol–water partition coefficient (Wildman–Crippen LogP) is 1.93. The van der Waals surface area contributed by atoms with Crippen molar-refractivity contribution in [3.8, 4) is 5.75 Å². The van der Waals surface area contributed by atoms with Gasteiger partial charge < -0.3 is 36.4 Å². The van der Waals surface area contributed by atoms with Crippen molar-refractivity contribution in [2.45, 2.75) is 133 Å². The van der Waals surface area contributed by atoms with E-state index in [2.05, 4.69) is 32.7 Å². The first-order valence-corrected chi connectivity index (χ1v) is 19.4. The van der Waals surface area contributed by atoms with E-state index in [0.29, 0.717) is 31.4 Å². The molecule has 0 spiro atoms. The number of nitrogens with two attached hydrogens (primary N) is 1. The lowest BCUT2D eigenvalue weighted by molar-refractivity contribution is -0.145. The maximum absolute atomic E-state index is 14.0. The van der Waals surface area contributed by atoms with Crippen molar-refractivity contribution in [1.82, 2.24) is 26.2 Å². The van der Waals surface area contributed by atoms with Gasteiger partial charge in [-0.05, 0) is 69.7 Å². The van der Waals surface area contributed by atoms with Crippen LogP contribution in [0.1, 0.15) is 102 Å². The van der Waals surface area contributed by atoms with E-state index in [1.165, 1.54) is 18.6 Å². The van der Waals surface area contributed by atoms with Crippen LogP contribution in [0.25, 0.3) is 0 Å². The van der Waals surface area contributed by atoms with Crippen LogP contribution in [0.4, 0.5) is 0 Å². The Morgan fingerprint density at radius 2 is 1.64 bits per heavy atom. The van der Waals surface area contributed by atoms with Crippen molar-refractivity contribution in [3.05, 3.63) is 29.8 Å². The molecule has 50 heavy (non-hydrogen) atoms. The molecule has 5 amide bonds. The minimum Gasteiger partial charge on any atom is -0.404 e. The van der Waals surface area contributed by atoms with Gasteiger partial charge in [0.2, 0.25) is 29.5 Å². The second kappa shape index (κ2) is 20.4. The average Bonchev–Trinajstić information content (AvgIpc) is 3.48. The van der Waals surface area contributed by atoms with E-state index in [9.17, 15) is 28.5 Å². The Bertz CT molecular complexity index is 1340. The summed E-state index contributed by atoms with van der Waals surface area (Å²) in [6.45, 7) is 2.60. The van der Waals surface area contributed by atoms with E-state index in [1.807, 2.05) is 0 Å². The summed E-state index contributed by atoms with van der Waals surface area (Å²) in [6.07, 6.45) is 10.2. The summed E-state index contributed by atoms with van der Waals surface area (Å²) in [5.74, 6) is -2.23. The topological polar surface area (TPSA) is 229 Å². The van der Waals surface area contributed by atoms with Crippen LogP contribution in [0.2, 0.25) is 0 Å². The minimum atomic E-state index is -4.70. The summed E-state index contributed by atoms with van der Waals surface area (Å²) < 4.78 is 15.7. The number of likely N-dealkylation sites (N-methyl/N-ethyl adjacent to an activating group) is 1. The Labute approximate surface area is 294 Å². The van der Waals surface area contributed by atoms with Gasteiger partial charge in [-0.25, -0.2) is 4.57 Å². The van der Waals surface area contributed by atoms with Gasteiger partial charge in [0.15, 0.2) is 0 Å². The summed E-state index contributed by atoms with van der Waals surface area (Å²) in [5.41, 5.74) is 6.05. The second-order valence-electron chi connectivity index (χ2n) is 13.2. The number of benzene rings is 1. The van der Waals surface area contributed by atoms with Crippen molar-refractivity contribution in [2.24, 2.45) is 5.73 Å². The first kappa shape index (κ1) is 40.9. The Morgan fingerprint density at radius 3 is 2.30 bits per heavy atom. The summed E-state index contributed by atoms with van der Waals surface area (Å²) >= 11 is 0. The molecule has 8 N–H and O–H groups in total. The minimum absolute atomic E-state index is 0.0144. The van der Waals surface area contributed by atoms with Crippen LogP contribution in [-0.2, 0) is 35.0 Å². The zero-order valence-corrected chi connectivity index (χ0v) is 30.1. The zero-order chi connectivity index (χ0) is 36.7. The van der Waals surface area contributed by atoms with E-state index < -0.39 is 55.6 Å². The number of phosphoric ester groups is 1. The number of rotatable bonds is 20. The van der Waals surface area contributed by atoms with Crippen molar-refractivity contribution in [3.63, 3.8) is 0 Å². The Kier molecular flexibility index (Phi) is 16.7. The number of fused-ring (bicyclic) bond motifs is 1. The molecule has 0 bridgehead atoms. The molecule has 280 valence electrons. The molecule has 5 atom stereocenters. The molecule has 2 unspecified atom stereocenters. The number of phosphoric acid groups is 1. The largest absolute Gasteiger partial charge is 0.524 e. The highest BCUT2D eigenvalue weighted by atomic mass is 31.2. The van der Waals surface area contributed by atoms with Gasteiger partial charge in [0, 0.05) is 19.0 Å². The van der Waals surface area contributed by atoms with Crippen molar-refractivity contribution in [1.29, 1.82) is 0 Å². The summed E-state index contributed by atoms with van der Waals surface area (Å²) in [4.78, 5) is 85.5. The molecule has 2 heterocycles. The molecule has 2 aliphatic heterocycles. The third-order valence-corrected chi connectivity index (χ3v) is 9.80. The Balaban J connectivity index is 1.65. The van der Waals surface area contributed by atoms with E-state index in [-0.39, 0.29) is 37.0 Å². The van der Waals surface area contributed by atoms with Crippen LogP contribution < -0.4 is 31.5 Å². The van der Waals surface area contributed by atoms with Gasteiger partial charge in [-0.1, -0.05) is 64.0 Å². The maximum atomic E-state index is 14.0. The fourth-order valence-electron chi connectivity index (χ4n) is 6.64. The zero-order valence-electron chi connectivity index (χ0n) is 29.2. The molecule has 2 fully saturated rings. The van der Waals surface area contributed by atoms with Crippen LogP contribution in [0.5, 0.6) is 5.75 Å². The quantitative estimate of drug-likeness (QED) is 0.0764. The predicted molar refractivity (Wildman–Crippen MR) is 186 cm³/mol. The third kappa shape index (κ3) is 13.3. The number of hydrogen-bond acceptors (Lipinski definition) is 8. The van der Waals surface area contributed by atoms with Gasteiger partial charge in [-0.3, -0.25) is 33.8 Å². The van der Waals surface area contributed by atoms with Gasteiger partial charge in [0.1, 0.15) is 23.9 Å². The molecule has 0 aliphatic carbocycles. The number of nitrogens with one attached hydrogen (secondary N) is 4. The van der Waals surface area contributed by atoms with Crippen LogP contribution >= 0.6 is 7.82 Å². The van der Waals surface area contributed by atoms with Gasteiger partial charge in [0.25, 0.3) is 0 Å². The van der Waals surface area contributed by atoms with Crippen LogP contribution in [0.3, 0.4) is 0 Å². The summed E-state index contributed by atoms with van der Waals surface area (Å²) in [7, 11) is -3.09. The number of unbranched alkanes of at least 4 members (excludes halogenated alkanes) is 5. The molecule has 2 saturated heterocycles. The van der Waals surface area contributed by atoms with Crippen molar-refractivity contribution >= 4 is 37.4 Å². The fraction of sp³-hybridized carbons (Fsp3) is 0.676.